The Kier molecular flexibility index (Phi) is 5.41. The molecule has 3 rings (SSSR count). The molecule has 1 N–H and O–H groups in total. The van der Waals surface area contributed by atoms with E-state index in [-0.39, 0.29) is 12.3 Å². The first-order valence-electron chi connectivity index (χ1n) is 8.93. The number of nitrogens with one attached hydrogen (secondary N) is 1. The van der Waals surface area contributed by atoms with Gasteiger partial charge in [0.05, 0.1) is 17.9 Å². The maximum Gasteiger partial charge on any atom is 0.359 e. The molecule has 0 amide bonds. The molecule has 7 heteroatoms. The van der Waals surface area contributed by atoms with Crippen LogP contribution in [0.25, 0.3) is 5.65 Å². The average molecular weight is 375 g/mol. The molecule has 0 aliphatic carbocycles. The van der Waals surface area contributed by atoms with Crippen LogP contribution in [0, 0.1) is 32.1 Å². The van der Waals surface area contributed by atoms with Crippen LogP contribution in [0.5, 0.6) is 0 Å². The van der Waals surface area contributed by atoms with Crippen LogP contribution in [0.1, 0.15) is 35.0 Å². The average Bonchev–Trinajstić information content (AvgIpc) is 2.95. The van der Waals surface area contributed by atoms with Crippen molar-refractivity contribution in [3.05, 3.63) is 64.6 Å². The topological polar surface area (TPSA) is 91.8 Å². The molecule has 0 saturated carbocycles. The highest BCUT2D eigenvalue weighted by Gasteiger charge is 2.23. The molecule has 3 aromatic rings. The Morgan fingerprint density at radius 3 is 2.61 bits per heavy atom. The highest BCUT2D eigenvalue weighted by atomic mass is 16.5. The lowest BCUT2D eigenvalue weighted by molar-refractivity contribution is -0.134. The Morgan fingerprint density at radius 1 is 1.25 bits per heavy atom. The standard InChI is InChI=1S/C21H21N5O2/c1-5-28-21(27)19(25-24-16-9-7-6-8-10-16)18-12-23-20-17(11-22)13(2)14(3)26(20)15(18)4/h6-10,12,24H,5H2,1-4H3/b25-19-. The van der Waals surface area contributed by atoms with Crippen LogP contribution < -0.4 is 5.43 Å². The lowest BCUT2D eigenvalue weighted by Gasteiger charge is -2.12. The van der Waals surface area contributed by atoms with E-state index in [0.717, 1.165) is 22.6 Å². The van der Waals surface area contributed by atoms with E-state index in [1.165, 1.54) is 0 Å². The largest absolute Gasteiger partial charge is 0.461 e. The van der Waals surface area contributed by atoms with E-state index in [0.29, 0.717) is 16.8 Å². The summed E-state index contributed by atoms with van der Waals surface area (Å²) in [5.41, 5.74) is 7.94. The van der Waals surface area contributed by atoms with Gasteiger partial charge in [-0.25, -0.2) is 9.78 Å². The van der Waals surface area contributed by atoms with Crippen LogP contribution >= 0.6 is 0 Å². The van der Waals surface area contributed by atoms with Gasteiger partial charge in [-0.2, -0.15) is 10.4 Å². The number of aryl methyl sites for hydroxylation is 2. The number of aromatic nitrogens is 2. The molecule has 0 saturated heterocycles. The number of esters is 1. The zero-order valence-corrected chi connectivity index (χ0v) is 16.3. The van der Waals surface area contributed by atoms with E-state index < -0.39 is 5.97 Å². The molecule has 0 aliphatic heterocycles. The van der Waals surface area contributed by atoms with Crippen molar-refractivity contribution in [1.82, 2.24) is 9.38 Å². The first-order chi connectivity index (χ1) is 13.5. The van der Waals surface area contributed by atoms with Gasteiger partial charge in [-0.1, -0.05) is 18.2 Å². The molecule has 0 atom stereocenters. The SMILES string of the molecule is CCOC(=O)/C(=N\Nc1ccccc1)c1cnc2c(C#N)c(C)c(C)n2c1C. The van der Waals surface area contributed by atoms with Crippen molar-refractivity contribution in [2.45, 2.75) is 27.7 Å². The predicted octanol–water partition coefficient (Wildman–Crippen LogP) is 3.51. The van der Waals surface area contributed by atoms with Gasteiger partial charge in [0.15, 0.2) is 11.4 Å². The number of hydrazone groups is 1. The fraction of sp³-hybridized carbons (Fsp3) is 0.238. The zero-order valence-electron chi connectivity index (χ0n) is 16.3. The molecule has 0 radical (unpaired) electrons. The molecular weight excluding hydrogens is 354 g/mol. The van der Waals surface area contributed by atoms with Gasteiger partial charge in [-0.15, -0.1) is 0 Å². The minimum Gasteiger partial charge on any atom is -0.461 e. The fourth-order valence-electron chi connectivity index (χ4n) is 3.07. The van der Waals surface area contributed by atoms with Gasteiger partial charge in [0, 0.05) is 23.1 Å². The summed E-state index contributed by atoms with van der Waals surface area (Å²) in [6.45, 7) is 7.66. The summed E-state index contributed by atoms with van der Waals surface area (Å²) in [6, 6.07) is 11.5. The Balaban J connectivity index is 2.16. The van der Waals surface area contributed by atoms with E-state index in [2.05, 4.69) is 21.6 Å². The van der Waals surface area contributed by atoms with Crippen molar-refractivity contribution in [3.63, 3.8) is 0 Å². The van der Waals surface area contributed by atoms with Gasteiger partial charge < -0.3 is 9.14 Å². The van der Waals surface area contributed by atoms with E-state index in [9.17, 15) is 10.1 Å². The third-order valence-electron chi connectivity index (χ3n) is 4.64. The molecule has 0 bridgehead atoms. The summed E-state index contributed by atoms with van der Waals surface area (Å²) in [6.07, 6.45) is 1.56. The summed E-state index contributed by atoms with van der Waals surface area (Å²) < 4.78 is 7.07. The summed E-state index contributed by atoms with van der Waals surface area (Å²) in [4.78, 5) is 17.0. The van der Waals surface area contributed by atoms with Crippen molar-refractivity contribution in [2.24, 2.45) is 5.10 Å². The maximum atomic E-state index is 12.6. The minimum atomic E-state index is -0.544. The molecule has 2 heterocycles. The van der Waals surface area contributed by atoms with Crippen LogP contribution in [0.4, 0.5) is 5.69 Å². The lowest BCUT2D eigenvalue weighted by Crippen LogP contribution is -2.22. The van der Waals surface area contributed by atoms with Crippen molar-refractivity contribution in [1.29, 1.82) is 5.26 Å². The highest BCUT2D eigenvalue weighted by molar-refractivity contribution is 6.43. The number of hydrogen-bond donors (Lipinski definition) is 1. The highest BCUT2D eigenvalue weighted by Crippen LogP contribution is 2.24. The van der Waals surface area contributed by atoms with E-state index in [1.54, 1.807) is 13.1 Å². The lowest BCUT2D eigenvalue weighted by atomic mass is 10.1. The van der Waals surface area contributed by atoms with Crippen LogP contribution in [-0.4, -0.2) is 27.7 Å². The van der Waals surface area contributed by atoms with Crippen molar-refractivity contribution in [3.8, 4) is 6.07 Å². The molecule has 0 spiro atoms. The number of hydrogen-bond acceptors (Lipinski definition) is 6. The second-order valence-electron chi connectivity index (χ2n) is 6.27. The van der Waals surface area contributed by atoms with Crippen LogP contribution in [0.3, 0.4) is 0 Å². The normalized spacial score (nSPS) is 11.3. The molecule has 7 nitrogen and oxygen atoms in total. The van der Waals surface area contributed by atoms with E-state index in [1.807, 2.05) is 55.5 Å². The van der Waals surface area contributed by atoms with Crippen LogP contribution in [-0.2, 0) is 9.53 Å². The predicted molar refractivity (Wildman–Crippen MR) is 107 cm³/mol. The third-order valence-corrected chi connectivity index (χ3v) is 4.64. The zero-order chi connectivity index (χ0) is 20.3. The molecule has 142 valence electrons. The van der Waals surface area contributed by atoms with Gasteiger partial charge in [0.2, 0.25) is 0 Å². The number of carbonyl (C=O) groups excluding carboxylic acids is 1. The minimum absolute atomic E-state index is 0.127. The second-order valence-corrected chi connectivity index (χ2v) is 6.27. The Hall–Kier alpha value is -3.66. The molecule has 0 aliphatic rings. The van der Waals surface area contributed by atoms with E-state index >= 15 is 0 Å². The summed E-state index contributed by atoms with van der Waals surface area (Å²) >= 11 is 0. The first kappa shape index (κ1) is 19.1. The molecular formula is C21H21N5O2. The smallest absolute Gasteiger partial charge is 0.359 e. The quantitative estimate of drug-likeness (QED) is 0.418. The molecule has 28 heavy (non-hydrogen) atoms. The van der Waals surface area contributed by atoms with Gasteiger partial charge >= 0.3 is 5.97 Å². The number of rotatable bonds is 5. The van der Waals surface area contributed by atoms with Crippen molar-refractivity contribution >= 4 is 23.0 Å². The number of ether oxygens (including phenoxy) is 1. The van der Waals surface area contributed by atoms with Crippen molar-refractivity contribution < 1.29 is 9.53 Å². The number of benzene rings is 1. The van der Waals surface area contributed by atoms with Gasteiger partial charge in [-0.05, 0) is 45.4 Å². The molecule has 1 aromatic carbocycles. The molecule has 2 aromatic heterocycles. The van der Waals surface area contributed by atoms with Gasteiger partial charge in [-0.3, -0.25) is 5.43 Å². The summed E-state index contributed by atoms with van der Waals surface area (Å²) in [5, 5.41) is 13.8. The Morgan fingerprint density at radius 2 is 1.96 bits per heavy atom. The number of carbonyl (C=O) groups is 1. The number of anilines is 1. The first-order valence-corrected chi connectivity index (χ1v) is 8.93. The fourth-order valence-corrected chi connectivity index (χ4v) is 3.07. The molecule has 0 fully saturated rings. The molecule has 0 unspecified atom stereocenters. The number of para-hydroxylation sites is 1. The Bertz CT molecular complexity index is 1110. The monoisotopic (exact) mass is 375 g/mol. The summed E-state index contributed by atoms with van der Waals surface area (Å²) in [5.74, 6) is -0.544. The second kappa shape index (κ2) is 7.92. The number of nitriles is 1. The van der Waals surface area contributed by atoms with Crippen molar-refractivity contribution in [2.75, 3.05) is 12.0 Å². The number of fused-ring (bicyclic) bond motifs is 1. The van der Waals surface area contributed by atoms with Gasteiger partial charge in [0.25, 0.3) is 0 Å². The summed E-state index contributed by atoms with van der Waals surface area (Å²) in [7, 11) is 0. The van der Waals surface area contributed by atoms with Gasteiger partial charge in [0.1, 0.15) is 6.07 Å². The van der Waals surface area contributed by atoms with Crippen LogP contribution in [0.15, 0.2) is 41.6 Å². The number of nitrogens with zero attached hydrogens (tertiary/aromatic N) is 4. The van der Waals surface area contributed by atoms with Crippen LogP contribution in [0.2, 0.25) is 0 Å². The maximum absolute atomic E-state index is 12.6. The third kappa shape index (κ3) is 3.32. The Labute approximate surface area is 163 Å². The van der Waals surface area contributed by atoms with E-state index in [4.69, 9.17) is 4.74 Å².